The minimum atomic E-state index is -0.320. The average Bonchev–Trinajstić information content (AvgIpc) is 2.49. The summed E-state index contributed by atoms with van der Waals surface area (Å²) in [4.78, 5) is 11.3. The fourth-order valence-corrected chi connectivity index (χ4v) is 2.78. The van der Waals surface area contributed by atoms with Crippen LogP contribution in [-0.2, 0) is 11.2 Å². The molecule has 5 heteroatoms. The normalized spacial score (nSPS) is 12.2. The average molecular weight is 327 g/mol. The Bertz CT molecular complexity index is 468. The second kappa shape index (κ2) is 10.6. The first-order valence-electron chi connectivity index (χ1n) is 7.84. The zero-order valence-electron chi connectivity index (χ0n) is 13.7. The largest absolute Gasteiger partial charge is 0.492 e. The van der Waals surface area contributed by atoms with Crippen molar-refractivity contribution in [2.24, 2.45) is 0 Å². The molecule has 124 valence electrons. The van der Waals surface area contributed by atoms with Gasteiger partial charge in [-0.3, -0.25) is 4.79 Å². The van der Waals surface area contributed by atoms with E-state index < -0.39 is 0 Å². The Kier molecular flexibility index (Phi) is 9.16. The molecule has 1 atom stereocenters. The molecule has 1 rings (SSSR count). The summed E-state index contributed by atoms with van der Waals surface area (Å²) in [7, 11) is 0. The Balaban J connectivity index is 2.43. The van der Waals surface area contributed by atoms with E-state index in [1.165, 1.54) is 12.1 Å². The summed E-state index contributed by atoms with van der Waals surface area (Å²) in [6.45, 7) is 7.28. The maximum Gasteiger partial charge on any atom is 0.132 e. The van der Waals surface area contributed by atoms with Crippen molar-refractivity contribution in [2.45, 2.75) is 45.4 Å². The molecule has 0 aliphatic rings. The Morgan fingerprint density at radius 3 is 2.82 bits per heavy atom. The minimum Gasteiger partial charge on any atom is -0.492 e. The molecule has 0 heterocycles. The molecule has 0 saturated carbocycles. The highest BCUT2D eigenvalue weighted by atomic mass is 32.2. The number of rotatable bonds is 11. The number of Topliss-reactive ketones (excluding diaryl/α,β-unsaturated/α-hetero) is 1. The van der Waals surface area contributed by atoms with Gasteiger partial charge in [0.2, 0.25) is 0 Å². The molecule has 0 saturated heterocycles. The van der Waals surface area contributed by atoms with E-state index >= 15 is 0 Å². The van der Waals surface area contributed by atoms with Gasteiger partial charge in [0.15, 0.2) is 0 Å². The molecular formula is C17H26FNO2S. The van der Waals surface area contributed by atoms with Gasteiger partial charge in [-0.05, 0) is 36.8 Å². The van der Waals surface area contributed by atoms with Crippen molar-refractivity contribution >= 4 is 17.5 Å². The van der Waals surface area contributed by atoms with Gasteiger partial charge in [-0.1, -0.05) is 13.8 Å². The zero-order chi connectivity index (χ0) is 16.4. The highest BCUT2D eigenvalue weighted by Crippen LogP contribution is 2.18. The highest BCUT2D eigenvalue weighted by Gasteiger charge is 2.05. The lowest BCUT2D eigenvalue weighted by molar-refractivity contribution is -0.118. The lowest BCUT2D eigenvalue weighted by Gasteiger charge is -2.13. The molecular weight excluding hydrogens is 301 g/mol. The third-order valence-corrected chi connectivity index (χ3v) is 4.24. The SMILES string of the molecule is CCSC(C)NCCOc1cc(F)cc(CCC(=O)CC)c1. The van der Waals surface area contributed by atoms with Gasteiger partial charge in [0.25, 0.3) is 0 Å². The van der Waals surface area contributed by atoms with Crippen LogP contribution in [0.25, 0.3) is 0 Å². The van der Waals surface area contributed by atoms with Crippen LogP contribution in [0.5, 0.6) is 5.75 Å². The fraction of sp³-hybridized carbons (Fsp3) is 0.588. The number of benzene rings is 1. The molecule has 0 aliphatic carbocycles. The van der Waals surface area contributed by atoms with Crippen molar-refractivity contribution in [3.8, 4) is 5.75 Å². The van der Waals surface area contributed by atoms with Crippen molar-refractivity contribution in [3.63, 3.8) is 0 Å². The molecule has 0 radical (unpaired) electrons. The van der Waals surface area contributed by atoms with Crippen LogP contribution in [0.4, 0.5) is 4.39 Å². The number of aryl methyl sites for hydroxylation is 1. The highest BCUT2D eigenvalue weighted by molar-refractivity contribution is 7.99. The van der Waals surface area contributed by atoms with E-state index in [2.05, 4.69) is 19.2 Å². The first-order valence-corrected chi connectivity index (χ1v) is 8.89. The molecule has 0 fully saturated rings. The Hall–Kier alpha value is -1.07. The third kappa shape index (κ3) is 7.80. The number of halogens is 1. The van der Waals surface area contributed by atoms with E-state index in [0.717, 1.165) is 11.3 Å². The van der Waals surface area contributed by atoms with E-state index in [1.54, 1.807) is 0 Å². The number of nitrogens with one attached hydrogen (secondary N) is 1. The molecule has 3 nitrogen and oxygen atoms in total. The molecule has 0 amide bonds. The van der Waals surface area contributed by atoms with Gasteiger partial charge in [0, 0.05) is 25.5 Å². The zero-order valence-corrected chi connectivity index (χ0v) is 14.5. The predicted octanol–water partition coefficient (Wildman–Crippen LogP) is 3.80. The van der Waals surface area contributed by atoms with Gasteiger partial charge < -0.3 is 10.1 Å². The van der Waals surface area contributed by atoms with E-state index in [9.17, 15) is 9.18 Å². The van der Waals surface area contributed by atoms with Crippen LogP contribution in [0.1, 0.15) is 39.2 Å². The van der Waals surface area contributed by atoms with Gasteiger partial charge in [-0.25, -0.2) is 4.39 Å². The van der Waals surface area contributed by atoms with Crippen LogP contribution in [0, 0.1) is 5.82 Å². The van der Waals surface area contributed by atoms with E-state index in [0.29, 0.717) is 43.5 Å². The quantitative estimate of drug-likeness (QED) is 0.495. The molecule has 0 spiro atoms. The second-order valence-corrected chi connectivity index (χ2v) is 6.71. The molecule has 0 bridgehead atoms. The van der Waals surface area contributed by atoms with Gasteiger partial charge in [-0.2, -0.15) is 0 Å². The first kappa shape index (κ1) is 19.0. The summed E-state index contributed by atoms with van der Waals surface area (Å²) in [6, 6.07) is 4.67. The van der Waals surface area contributed by atoms with Crippen LogP contribution < -0.4 is 10.1 Å². The third-order valence-electron chi connectivity index (χ3n) is 3.24. The van der Waals surface area contributed by atoms with Gasteiger partial charge in [0.05, 0.1) is 5.37 Å². The Morgan fingerprint density at radius 2 is 2.14 bits per heavy atom. The Morgan fingerprint density at radius 1 is 1.36 bits per heavy atom. The van der Waals surface area contributed by atoms with E-state index in [4.69, 9.17) is 4.74 Å². The summed E-state index contributed by atoms with van der Waals surface area (Å²) < 4.78 is 19.2. The maximum absolute atomic E-state index is 13.6. The minimum absolute atomic E-state index is 0.193. The molecule has 1 aromatic rings. The monoisotopic (exact) mass is 327 g/mol. The van der Waals surface area contributed by atoms with Crippen molar-refractivity contribution in [2.75, 3.05) is 18.9 Å². The van der Waals surface area contributed by atoms with Crippen LogP contribution in [0.15, 0.2) is 18.2 Å². The molecule has 22 heavy (non-hydrogen) atoms. The smallest absolute Gasteiger partial charge is 0.132 e. The topological polar surface area (TPSA) is 38.3 Å². The molecule has 0 aromatic heterocycles. The van der Waals surface area contributed by atoms with Gasteiger partial charge in [-0.15, -0.1) is 11.8 Å². The molecule has 1 N–H and O–H groups in total. The van der Waals surface area contributed by atoms with E-state index in [-0.39, 0.29) is 11.6 Å². The number of thioether (sulfide) groups is 1. The fourth-order valence-electron chi connectivity index (χ4n) is 2.05. The summed E-state index contributed by atoms with van der Waals surface area (Å²) in [5.41, 5.74) is 0.805. The van der Waals surface area contributed by atoms with Crippen LogP contribution in [0.2, 0.25) is 0 Å². The van der Waals surface area contributed by atoms with Crippen LogP contribution in [-0.4, -0.2) is 30.1 Å². The summed E-state index contributed by atoms with van der Waals surface area (Å²) in [5, 5.41) is 3.72. The van der Waals surface area contributed by atoms with Crippen LogP contribution >= 0.6 is 11.8 Å². The van der Waals surface area contributed by atoms with Crippen LogP contribution in [0.3, 0.4) is 0 Å². The number of carbonyl (C=O) groups excluding carboxylic acids is 1. The molecule has 1 aromatic carbocycles. The molecule has 1 unspecified atom stereocenters. The molecule has 0 aliphatic heterocycles. The van der Waals surface area contributed by atoms with Crippen molar-refractivity contribution in [3.05, 3.63) is 29.6 Å². The first-order chi connectivity index (χ1) is 10.5. The second-order valence-electron chi connectivity index (χ2n) is 5.09. The number of hydrogen-bond acceptors (Lipinski definition) is 4. The lowest BCUT2D eigenvalue weighted by Crippen LogP contribution is -2.27. The Labute approximate surface area is 137 Å². The maximum atomic E-state index is 13.6. The number of ketones is 1. The number of carbonyl (C=O) groups is 1. The van der Waals surface area contributed by atoms with Gasteiger partial charge in [0.1, 0.15) is 24.0 Å². The standard InChI is InChI=1S/C17H26FNO2S/c1-4-16(20)7-6-14-10-15(18)12-17(11-14)21-9-8-19-13(3)22-5-2/h10-13,19H,4-9H2,1-3H3. The number of ether oxygens (including phenoxy) is 1. The van der Waals surface area contributed by atoms with Crippen molar-refractivity contribution in [1.29, 1.82) is 0 Å². The van der Waals surface area contributed by atoms with Crippen molar-refractivity contribution < 1.29 is 13.9 Å². The lowest BCUT2D eigenvalue weighted by atomic mass is 10.1. The van der Waals surface area contributed by atoms with Gasteiger partial charge >= 0.3 is 0 Å². The summed E-state index contributed by atoms with van der Waals surface area (Å²) in [6.07, 6.45) is 1.54. The number of hydrogen-bond donors (Lipinski definition) is 1. The summed E-state index contributed by atoms with van der Waals surface area (Å²) >= 11 is 1.84. The van der Waals surface area contributed by atoms with E-state index in [1.807, 2.05) is 24.8 Å². The van der Waals surface area contributed by atoms with Crippen molar-refractivity contribution in [1.82, 2.24) is 5.32 Å². The predicted molar refractivity (Wildman–Crippen MR) is 91.1 cm³/mol. The summed E-state index contributed by atoms with van der Waals surface area (Å²) in [5.74, 6) is 1.47.